The van der Waals surface area contributed by atoms with Crippen molar-refractivity contribution in [1.29, 1.82) is 0 Å². The minimum absolute atomic E-state index is 0.118. The highest BCUT2D eigenvalue weighted by atomic mass is 19.4. The lowest BCUT2D eigenvalue weighted by molar-refractivity contribution is -0.138. The largest absolute Gasteiger partial charge is 0.416 e. The first-order chi connectivity index (χ1) is 12.9. The van der Waals surface area contributed by atoms with E-state index in [1.54, 1.807) is 17.0 Å². The summed E-state index contributed by atoms with van der Waals surface area (Å²) < 4.78 is 45.3. The van der Waals surface area contributed by atoms with E-state index in [0.29, 0.717) is 57.0 Å². The first-order valence-corrected chi connectivity index (χ1v) is 9.24. The minimum Gasteiger partial charge on any atom is -0.376 e. The number of likely N-dealkylation sites (tertiary alicyclic amines) is 1. The van der Waals surface area contributed by atoms with Crippen LogP contribution in [0.5, 0.6) is 0 Å². The molecule has 0 saturated carbocycles. The fraction of sp³-hybridized carbons (Fsp3) is 0.500. The van der Waals surface area contributed by atoms with Gasteiger partial charge in [-0.15, -0.1) is 0 Å². The molecule has 0 atom stereocenters. The van der Waals surface area contributed by atoms with Gasteiger partial charge in [0.1, 0.15) is 5.71 Å². The second-order valence-corrected chi connectivity index (χ2v) is 7.20. The third kappa shape index (κ3) is 3.52. The standard InChI is InChI=1S/C20H21F3N2O2/c21-20(22,23)17-4-2-1-3-15(17)13-5-8-25(9-6-13)19(26)18-16-12-27-10-7-14(16)11-24-18/h1-4,13H,5-12H2. The van der Waals surface area contributed by atoms with Gasteiger partial charge >= 0.3 is 6.18 Å². The van der Waals surface area contributed by atoms with Crippen LogP contribution < -0.4 is 0 Å². The van der Waals surface area contributed by atoms with E-state index in [1.165, 1.54) is 11.6 Å². The SMILES string of the molecule is O=C(C1=NCC2=C1COCC2)N1CCC(c2ccccc2C(F)(F)F)CC1. The van der Waals surface area contributed by atoms with Crippen LogP contribution in [-0.2, 0) is 15.7 Å². The Kier molecular flexibility index (Phi) is 4.80. The summed E-state index contributed by atoms with van der Waals surface area (Å²) >= 11 is 0. The lowest BCUT2D eigenvalue weighted by Crippen LogP contribution is -2.42. The highest BCUT2D eigenvalue weighted by molar-refractivity contribution is 6.46. The van der Waals surface area contributed by atoms with Gasteiger partial charge in [-0.1, -0.05) is 18.2 Å². The van der Waals surface area contributed by atoms with E-state index in [9.17, 15) is 18.0 Å². The molecule has 144 valence electrons. The molecule has 0 N–H and O–H groups in total. The van der Waals surface area contributed by atoms with E-state index in [0.717, 1.165) is 18.1 Å². The Morgan fingerprint density at radius 2 is 1.93 bits per heavy atom. The van der Waals surface area contributed by atoms with Crippen molar-refractivity contribution in [1.82, 2.24) is 4.90 Å². The van der Waals surface area contributed by atoms with Gasteiger partial charge in [-0.3, -0.25) is 9.79 Å². The highest BCUT2D eigenvalue weighted by Crippen LogP contribution is 2.38. The van der Waals surface area contributed by atoms with Crippen LogP contribution in [0.2, 0.25) is 0 Å². The Bertz CT molecular complexity index is 806. The summed E-state index contributed by atoms with van der Waals surface area (Å²) in [5.74, 6) is -0.307. The average Bonchev–Trinajstić information content (AvgIpc) is 3.11. The van der Waals surface area contributed by atoms with Crippen LogP contribution in [0.4, 0.5) is 13.2 Å². The molecular weight excluding hydrogens is 357 g/mol. The van der Waals surface area contributed by atoms with E-state index in [4.69, 9.17) is 4.74 Å². The smallest absolute Gasteiger partial charge is 0.376 e. The molecular formula is C20H21F3N2O2. The van der Waals surface area contributed by atoms with Gasteiger partial charge < -0.3 is 9.64 Å². The second-order valence-electron chi connectivity index (χ2n) is 7.20. The van der Waals surface area contributed by atoms with E-state index >= 15 is 0 Å². The van der Waals surface area contributed by atoms with Crippen molar-refractivity contribution in [2.24, 2.45) is 4.99 Å². The maximum absolute atomic E-state index is 13.3. The van der Waals surface area contributed by atoms with Crippen LogP contribution in [0.3, 0.4) is 0 Å². The van der Waals surface area contributed by atoms with Gasteiger partial charge in [0.2, 0.25) is 0 Å². The third-order valence-corrected chi connectivity index (χ3v) is 5.63. The van der Waals surface area contributed by atoms with Crippen molar-refractivity contribution in [3.63, 3.8) is 0 Å². The number of aliphatic imine (C=N–C) groups is 1. The Labute approximate surface area is 155 Å². The minimum atomic E-state index is -4.36. The fourth-order valence-electron chi connectivity index (χ4n) is 4.15. The lowest BCUT2D eigenvalue weighted by Gasteiger charge is -2.33. The summed E-state index contributed by atoms with van der Waals surface area (Å²) in [7, 11) is 0. The molecule has 1 fully saturated rings. The first kappa shape index (κ1) is 18.2. The number of ether oxygens (including phenoxy) is 1. The molecule has 4 nitrogen and oxygen atoms in total. The molecule has 1 saturated heterocycles. The molecule has 0 spiro atoms. The average molecular weight is 378 g/mol. The van der Waals surface area contributed by atoms with Crippen LogP contribution in [0.1, 0.15) is 36.3 Å². The van der Waals surface area contributed by atoms with Crippen LogP contribution >= 0.6 is 0 Å². The van der Waals surface area contributed by atoms with Crippen LogP contribution in [0, 0.1) is 0 Å². The Hall–Kier alpha value is -2.15. The Morgan fingerprint density at radius 1 is 1.19 bits per heavy atom. The number of piperidine rings is 1. The molecule has 1 amide bonds. The Morgan fingerprint density at radius 3 is 2.67 bits per heavy atom. The highest BCUT2D eigenvalue weighted by Gasteiger charge is 2.37. The van der Waals surface area contributed by atoms with E-state index in [1.807, 2.05) is 0 Å². The molecule has 0 aliphatic carbocycles. The molecule has 0 bridgehead atoms. The molecule has 0 aromatic heterocycles. The van der Waals surface area contributed by atoms with E-state index in [-0.39, 0.29) is 11.8 Å². The van der Waals surface area contributed by atoms with Gasteiger partial charge in [-0.05, 0) is 42.4 Å². The Balaban J connectivity index is 1.44. The molecule has 27 heavy (non-hydrogen) atoms. The topological polar surface area (TPSA) is 41.9 Å². The number of amides is 1. The molecule has 0 radical (unpaired) electrons. The maximum atomic E-state index is 13.3. The van der Waals surface area contributed by atoms with Crippen molar-refractivity contribution < 1.29 is 22.7 Å². The summed E-state index contributed by atoms with van der Waals surface area (Å²) in [6.45, 7) is 2.54. The van der Waals surface area contributed by atoms with E-state index in [2.05, 4.69) is 4.99 Å². The quantitative estimate of drug-likeness (QED) is 0.789. The summed E-state index contributed by atoms with van der Waals surface area (Å²) in [5.41, 5.74) is 2.35. The number of carbonyl (C=O) groups is 1. The summed E-state index contributed by atoms with van der Waals surface area (Å²) in [5, 5.41) is 0. The van der Waals surface area contributed by atoms with E-state index < -0.39 is 11.7 Å². The fourth-order valence-corrected chi connectivity index (χ4v) is 4.15. The molecule has 1 aromatic carbocycles. The summed E-state index contributed by atoms with van der Waals surface area (Å²) in [6, 6.07) is 5.76. The first-order valence-electron chi connectivity index (χ1n) is 9.24. The van der Waals surface area contributed by atoms with Gasteiger partial charge in [-0.25, -0.2) is 0 Å². The zero-order valence-electron chi connectivity index (χ0n) is 14.9. The molecule has 7 heteroatoms. The van der Waals surface area contributed by atoms with Gasteiger partial charge in [0.15, 0.2) is 0 Å². The van der Waals surface area contributed by atoms with Crippen LogP contribution in [-0.4, -0.2) is 49.4 Å². The van der Waals surface area contributed by atoms with Crippen molar-refractivity contribution in [2.45, 2.75) is 31.4 Å². The normalized spacial score (nSPS) is 21.3. The van der Waals surface area contributed by atoms with Gasteiger partial charge in [0.05, 0.1) is 25.3 Å². The molecule has 0 unspecified atom stereocenters. The molecule has 4 rings (SSSR count). The lowest BCUT2D eigenvalue weighted by atomic mass is 9.86. The van der Waals surface area contributed by atoms with Crippen molar-refractivity contribution in [3.8, 4) is 0 Å². The number of nitrogens with zero attached hydrogens (tertiary/aromatic N) is 2. The maximum Gasteiger partial charge on any atom is 0.416 e. The predicted molar refractivity (Wildman–Crippen MR) is 94.8 cm³/mol. The molecule has 3 heterocycles. The van der Waals surface area contributed by atoms with Crippen LogP contribution in [0.25, 0.3) is 0 Å². The second kappa shape index (κ2) is 7.11. The summed E-state index contributed by atoms with van der Waals surface area (Å²) in [4.78, 5) is 19.0. The molecule has 3 aliphatic heterocycles. The van der Waals surface area contributed by atoms with Gasteiger partial charge in [-0.2, -0.15) is 13.2 Å². The zero-order chi connectivity index (χ0) is 19.0. The zero-order valence-corrected chi connectivity index (χ0v) is 14.9. The molecule has 3 aliphatic rings. The number of benzene rings is 1. The summed E-state index contributed by atoms with van der Waals surface area (Å²) in [6.07, 6.45) is -2.50. The number of hydrogen-bond donors (Lipinski definition) is 0. The number of alkyl halides is 3. The number of halogens is 3. The van der Waals surface area contributed by atoms with Crippen molar-refractivity contribution in [2.75, 3.05) is 32.8 Å². The van der Waals surface area contributed by atoms with Crippen molar-refractivity contribution >= 4 is 11.6 Å². The van der Waals surface area contributed by atoms with Crippen molar-refractivity contribution in [3.05, 3.63) is 46.5 Å². The monoisotopic (exact) mass is 378 g/mol. The number of hydrogen-bond acceptors (Lipinski definition) is 3. The molecule has 1 aromatic rings. The van der Waals surface area contributed by atoms with Crippen LogP contribution in [0.15, 0.2) is 40.4 Å². The van der Waals surface area contributed by atoms with Gasteiger partial charge in [0.25, 0.3) is 5.91 Å². The number of rotatable bonds is 2. The van der Waals surface area contributed by atoms with Gasteiger partial charge in [0, 0.05) is 18.7 Å². The predicted octanol–water partition coefficient (Wildman–Crippen LogP) is 3.58. The number of carbonyl (C=O) groups excluding carboxylic acids is 1. The third-order valence-electron chi connectivity index (χ3n) is 5.63.